The highest BCUT2D eigenvalue weighted by Crippen LogP contribution is 2.41. The second kappa shape index (κ2) is 3.17. The fraction of sp³-hybridized carbons (Fsp3) is 0.273. The monoisotopic (exact) mass is 202 g/mol. The second-order valence-corrected chi connectivity index (χ2v) is 4.45. The summed E-state index contributed by atoms with van der Waals surface area (Å²) >= 11 is 1.72. The molecule has 0 aliphatic heterocycles. The molecule has 0 unspecified atom stereocenters. The molecule has 0 atom stereocenters. The summed E-state index contributed by atoms with van der Waals surface area (Å²) in [6.45, 7) is 0. The van der Waals surface area contributed by atoms with Gasteiger partial charge in [-0.2, -0.15) is 0 Å². The van der Waals surface area contributed by atoms with Crippen LogP contribution >= 0.6 is 11.3 Å². The van der Waals surface area contributed by atoms with Crippen molar-refractivity contribution in [3.63, 3.8) is 0 Å². The molecule has 0 spiro atoms. The fourth-order valence-corrected chi connectivity index (χ4v) is 2.37. The summed E-state index contributed by atoms with van der Waals surface area (Å²) in [5.41, 5.74) is 2.40. The van der Waals surface area contributed by atoms with E-state index in [0.29, 0.717) is 0 Å². The van der Waals surface area contributed by atoms with E-state index >= 15 is 0 Å². The molecular formula is C11H10N2S. The molecule has 0 radical (unpaired) electrons. The molecule has 0 N–H and O–H groups in total. The van der Waals surface area contributed by atoms with Gasteiger partial charge in [0, 0.05) is 29.3 Å². The first-order valence-electron chi connectivity index (χ1n) is 4.79. The summed E-state index contributed by atoms with van der Waals surface area (Å²) in [5.74, 6) is 0.747. The Hall–Kier alpha value is -1.22. The largest absolute Gasteiger partial charge is 0.264 e. The summed E-state index contributed by atoms with van der Waals surface area (Å²) in [6.07, 6.45) is 6.29. The molecule has 0 amide bonds. The van der Waals surface area contributed by atoms with Gasteiger partial charge in [0.15, 0.2) is 0 Å². The quantitative estimate of drug-likeness (QED) is 0.748. The van der Waals surface area contributed by atoms with Crippen LogP contribution in [0.5, 0.6) is 0 Å². The molecule has 1 aliphatic carbocycles. The molecule has 1 fully saturated rings. The molecule has 2 heterocycles. The zero-order valence-electron chi connectivity index (χ0n) is 7.68. The normalized spacial score (nSPS) is 15.7. The first-order chi connectivity index (χ1) is 6.93. The van der Waals surface area contributed by atoms with Gasteiger partial charge in [-0.1, -0.05) is 0 Å². The molecular weight excluding hydrogens is 192 g/mol. The van der Waals surface area contributed by atoms with Crippen LogP contribution in [0.4, 0.5) is 0 Å². The number of rotatable bonds is 2. The third kappa shape index (κ3) is 1.44. The number of pyridine rings is 1. The van der Waals surface area contributed by atoms with Gasteiger partial charge in [0.25, 0.3) is 0 Å². The lowest BCUT2D eigenvalue weighted by atomic mass is 10.3. The Bertz CT molecular complexity index is 432. The van der Waals surface area contributed by atoms with Crippen LogP contribution in [-0.2, 0) is 0 Å². The van der Waals surface area contributed by atoms with Crippen LogP contribution in [0.1, 0.15) is 24.5 Å². The Kier molecular flexibility index (Phi) is 1.84. The first kappa shape index (κ1) is 8.12. The summed E-state index contributed by atoms with van der Waals surface area (Å²) < 4.78 is 0. The summed E-state index contributed by atoms with van der Waals surface area (Å²) in [7, 11) is 0. The van der Waals surface area contributed by atoms with Gasteiger partial charge >= 0.3 is 0 Å². The Morgan fingerprint density at radius 1 is 1.36 bits per heavy atom. The summed E-state index contributed by atoms with van der Waals surface area (Å²) in [6, 6.07) is 4.01. The van der Waals surface area contributed by atoms with Crippen molar-refractivity contribution in [3.05, 3.63) is 35.6 Å². The van der Waals surface area contributed by atoms with Crippen LogP contribution in [0.3, 0.4) is 0 Å². The molecule has 2 nitrogen and oxygen atoms in total. The van der Waals surface area contributed by atoms with Crippen molar-refractivity contribution in [1.82, 2.24) is 9.97 Å². The minimum Gasteiger partial charge on any atom is -0.264 e. The van der Waals surface area contributed by atoms with Crippen molar-refractivity contribution in [1.29, 1.82) is 0 Å². The standard InChI is InChI=1S/C11H10N2S/c1-2-9(6-12-5-1)11-13-10(7-14-11)8-3-4-8/h1-2,5-8H,3-4H2. The molecule has 1 saturated carbocycles. The van der Waals surface area contributed by atoms with E-state index in [1.807, 2.05) is 12.3 Å². The maximum absolute atomic E-state index is 4.62. The molecule has 0 bridgehead atoms. The van der Waals surface area contributed by atoms with Gasteiger partial charge < -0.3 is 0 Å². The zero-order valence-corrected chi connectivity index (χ0v) is 8.50. The second-order valence-electron chi connectivity index (χ2n) is 3.59. The highest BCUT2D eigenvalue weighted by molar-refractivity contribution is 7.13. The van der Waals surface area contributed by atoms with E-state index < -0.39 is 0 Å². The Morgan fingerprint density at radius 3 is 3.00 bits per heavy atom. The first-order valence-corrected chi connectivity index (χ1v) is 5.67. The van der Waals surface area contributed by atoms with Gasteiger partial charge in [0.1, 0.15) is 5.01 Å². The maximum Gasteiger partial charge on any atom is 0.125 e. The summed E-state index contributed by atoms with van der Waals surface area (Å²) in [4.78, 5) is 8.72. The Balaban J connectivity index is 1.96. The van der Waals surface area contributed by atoms with Crippen molar-refractivity contribution in [2.24, 2.45) is 0 Å². The molecule has 70 valence electrons. The van der Waals surface area contributed by atoms with E-state index in [1.54, 1.807) is 17.5 Å². The average Bonchev–Trinajstić information content (AvgIpc) is 2.98. The van der Waals surface area contributed by atoms with Crippen molar-refractivity contribution >= 4 is 11.3 Å². The van der Waals surface area contributed by atoms with E-state index in [9.17, 15) is 0 Å². The topological polar surface area (TPSA) is 25.8 Å². The van der Waals surface area contributed by atoms with E-state index in [4.69, 9.17) is 0 Å². The van der Waals surface area contributed by atoms with Gasteiger partial charge in [-0.05, 0) is 25.0 Å². The van der Waals surface area contributed by atoms with Crippen molar-refractivity contribution in [3.8, 4) is 10.6 Å². The summed E-state index contributed by atoms with van der Waals surface area (Å²) in [5, 5.41) is 3.28. The van der Waals surface area contributed by atoms with Gasteiger partial charge in [0.2, 0.25) is 0 Å². The predicted molar refractivity (Wildman–Crippen MR) is 57.3 cm³/mol. The molecule has 0 aromatic carbocycles. The van der Waals surface area contributed by atoms with Crippen LogP contribution < -0.4 is 0 Å². The van der Waals surface area contributed by atoms with E-state index in [0.717, 1.165) is 16.5 Å². The highest BCUT2D eigenvalue weighted by atomic mass is 32.1. The maximum atomic E-state index is 4.62. The van der Waals surface area contributed by atoms with E-state index in [1.165, 1.54) is 18.5 Å². The Labute approximate surface area is 86.7 Å². The van der Waals surface area contributed by atoms with Gasteiger partial charge in [0.05, 0.1) is 5.69 Å². The van der Waals surface area contributed by atoms with Crippen molar-refractivity contribution in [2.45, 2.75) is 18.8 Å². The fourth-order valence-electron chi connectivity index (χ4n) is 1.47. The van der Waals surface area contributed by atoms with E-state index in [2.05, 4.69) is 21.4 Å². The van der Waals surface area contributed by atoms with Crippen molar-refractivity contribution < 1.29 is 0 Å². The predicted octanol–water partition coefficient (Wildman–Crippen LogP) is 3.08. The van der Waals surface area contributed by atoms with E-state index in [-0.39, 0.29) is 0 Å². The zero-order chi connectivity index (χ0) is 9.38. The molecule has 0 saturated heterocycles. The molecule has 2 aromatic rings. The SMILES string of the molecule is c1cncc(-c2nc(C3CC3)cs2)c1. The van der Waals surface area contributed by atoms with Gasteiger partial charge in [-0.3, -0.25) is 4.98 Å². The lowest BCUT2D eigenvalue weighted by Gasteiger charge is -1.92. The third-order valence-corrected chi connectivity index (χ3v) is 3.34. The number of aromatic nitrogens is 2. The van der Waals surface area contributed by atoms with Crippen molar-refractivity contribution in [2.75, 3.05) is 0 Å². The lowest BCUT2D eigenvalue weighted by Crippen LogP contribution is -1.80. The molecule has 2 aromatic heterocycles. The van der Waals surface area contributed by atoms with Gasteiger partial charge in [-0.25, -0.2) is 4.98 Å². The van der Waals surface area contributed by atoms with Crippen LogP contribution in [0, 0.1) is 0 Å². The number of hydrogen-bond donors (Lipinski definition) is 0. The average molecular weight is 202 g/mol. The number of hydrogen-bond acceptors (Lipinski definition) is 3. The molecule has 14 heavy (non-hydrogen) atoms. The molecule has 3 heteroatoms. The molecule has 1 aliphatic rings. The highest BCUT2D eigenvalue weighted by Gasteiger charge is 2.26. The van der Waals surface area contributed by atoms with Gasteiger partial charge in [-0.15, -0.1) is 11.3 Å². The lowest BCUT2D eigenvalue weighted by molar-refractivity contribution is 1.05. The number of nitrogens with zero attached hydrogens (tertiary/aromatic N) is 2. The van der Waals surface area contributed by atoms with Crippen LogP contribution in [-0.4, -0.2) is 9.97 Å². The van der Waals surface area contributed by atoms with Crippen LogP contribution in [0.25, 0.3) is 10.6 Å². The Morgan fingerprint density at radius 2 is 2.29 bits per heavy atom. The van der Waals surface area contributed by atoms with Crippen LogP contribution in [0.15, 0.2) is 29.9 Å². The molecule has 3 rings (SSSR count). The smallest absolute Gasteiger partial charge is 0.125 e. The third-order valence-electron chi connectivity index (χ3n) is 2.43. The number of thiazole rings is 1. The minimum atomic E-state index is 0.747. The van der Waals surface area contributed by atoms with Crippen LogP contribution in [0.2, 0.25) is 0 Å². The minimum absolute atomic E-state index is 0.747.